The number of hydrogen-bond acceptors (Lipinski definition) is 5. The molecule has 0 bridgehead atoms. The van der Waals surface area contributed by atoms with E-state index in [1.54, 1.807) is 28.6 Å². The highest BCUT2D eigenvalue weighted by Crippen LogP contribution is 2.21. The maximum Gasteiger partial charge on any atom is 0.225 e. The third-order valence-corrected chi connectivity index (χ3v) is 5.27. The molecule has 2 amide bonds. The standard InChI is InChI=1S/C17H20N4O2S/c1-11-12(2)24-15(20-11)8-19-17(23)14-7-16(22)21(10-14)9-13-3-5-18-6-4-13/h3-6,14H,7-10H2,1-2H3,(H,19,23)/t14-/m0/s1. The summed E-state index contributed by atoms with van der Waals surface area (Å²) in [4.78, 5) is 35.8. The van der Waals surface area contributed by atoms with E-state index in [1.807, 2.05) is 26.0 Å². The third-order valence-electron chi connectivity index (χ3n) is 4.19. The molecule has 1 atom stereocenters. The molecule has 2 aromatic rings. The van der Waals surface area contributed by atoms with Crippen LogP contribution in [-0.2, 0) is 22.7 Å². The third kappa shape index (κ3) is 3.79. The van der Waals surface area contributed by atoms with Gasteiger partial charge in [0.25, 0.3) is 0 Å². The van der Waals surface area contributed by atoms with Crippen LogP contribution in [0.2, 0.25) is 0 Å². The molecular formula is C17H20N4O2S. The van der Waals surface area contributed by atoms with Crippen molar-refractivity contribution in [2.24, 2.45) is 5.92 Å². The summed E-state index contributed by atoms with van der Waals surface area (Å²) in [6.45, 7) is 5.39. The highest BCUT2D eigenvalue weighted by Gasteiger charge is 2.34. The van der Waals surface area contributed by atoms with Crippen molar-refractivity contribution in [2.75, 3.05) is 6.54 Å². The molecule has 0 aliphatic carbocycles. The van der Waals surface area contributed by atoms with Crippen molar-refractivity contribution in [3.8, 4) is 0 Å². The minimum atomic E-state index is -0.290. The molecule has 0 aromatic carbocycles. The average Bonchev–Trinajstić information content (AvgIpc) is 3.09. The molecule has 0 radical (unpaired) electrons. The molecule has 1 fully saturated rings. The SMILES string of the molecule is Cc1nc(CNC(=O)[C@H]2CC(=O)N(Cc3ccncc3)C2)sc1C. The Bertz CT molecular complexity index is 725. The van der Waals surface area contributed by atoms with Crippen LogP contribution in [-0.4, -0.2) is 33.2 Å². The van der Waals surface area contributed by atoms with E-state index in [0.717, 1.165) is 16.3 Å². The van der Waals surface area contributed by atoms with Crippen LogP contribution in [0.4, 0.5) is 0 Å². The van der Waals surface area contributed by atoms with Crippen molar-refractivity contribution in [2.45, 2.75) is 33.4 Å². The molecular weight excluding hydrogens is 324 g/mol. The molecule has 3 heterocycles. The Morgan fingerprint density at radius 2 is 2.12 bits per heavy atom. The van der Waals surface area contributed by atoms with E-state index in [0.29, 0.717) is 19.6 Å². The Hall–Kier alpha value is -2.28. The molecule has 126 valence electrons. The number of amides is 2. The normalized spacial score (nSPS) is 17.3. The van der Waals surface area contributed by atoms with Crippen LogP contribution in [0.3, 0.4) is 0 Å². The molecule has 0 unspecified atom stereocenters. The van der Waals surface area contributed by atoms with E-state index in [-0.39, 0.29) is 24.2 Å². The van der Waals surface area contributed by atoms with Crippen molar-refractivity contribution in [3.63, 3.8) is 0 Å². The van der Waals surface area contributed by atoms with Crippen molar-refractivity contribution in [3.05, 3.63) is 45.7 Å². The van der Waals surface area contributed by atoms with Crippen LogP contribution >= 0.6 is 11.3 Å². The topological polar surface area (TPSA) is 75.2 Å². The van der Waals surface area contributed by atoms with Gasteiger partial charge in [-0.25, -0.2) is 4.98 Å². The van der Waals surface area contributed by atoms with E-state index in [2.05, 4.69) is 15.3 Å². The fourth-order valence-corrected chi connectivity index (χ4v) is 3.60. The van der Waals surface area contributed by atoms with Gasteiger partial charge in [-0.15, -0.1) is 11.3 Å². The quantitative estimate of drug-likeness (QED) is 0.898. The monoisotopic (exact) mass is 344 g/mol. The Labute approximate surface area is 144 Å². The minimum absolute atomic E-state index is 0.0212. The second-order valence-electron chi connectivity index (χ2n) is 6.00. The molecule has 7 heteroatoms. The first-order valence-electron chi connectivity index (χ1n) is 7.90. The van der Waals surface area contributed by atoms with Gasteiger partial charge in [-0.3, -0.25) is 14.6 Å². The maximum absolute atomic E-state index is 12.3. The number of pyridine rings is 1. The number of aromatic nitrogens is 2. The first kappa shape index (κ1) is 16.6. The highest BCUT2D eigenvalue weighted by molar-refractivity contribution is 7.11. The maximum atomic E-state index is 12.3. The predicted octanol–water partition coefficient (Wildman–Crippen LogP) is 1.82. The lowest BCUT2D eigenvalue weighted by molar-refractivity contribution is -0.129. The number of nitrogens with one attached hydrogen (secondary N) is 1. The zero-order chi connectivity index (χ0) is 17.1. The number of hydrogen-bond donors (Lipinski definition) is 1. The van der Waals surface area contributed by atoms with E-state index < -0.39 is 0 Å². The van der Waals surface area contributed by atoms with Gasteiger partial charge >= 0.3 is 0 Å². The smallest absolute Gasteiger partial charge is 0.225 e. The fourth-order valence-electron chi connectivity index (χ4n) is 2.73. The number of carbonyl (C=O) groups excluding carboxylic acids is 2. The highest BCUT2D eigenvalue weighted by atomic mass is 32.1. The number of aryl methyl sites for hydroxylation is 2. The Kier molecular flexibility index (Phi) is 4.89. The van der Waals surface area contributed by atoms with Gasteiger partial charge in [0.1, 0.15) is 5.01 Å². The summed E-state index contributed by atoms with van der Waals surface area (Å²) in [7, 11) is 0. The fraction of sp³-hybridized carbons (Fsp3) is 0.412. The summed E-state index contributed by atoms with van der Waals surface area (Å²) in [5.41, 5.74) is 2.02. The lowest BCUT2D eigenvalue weighted by Gasteiger charge is -2.16. The van der Waals surface area contributed by atoms with Crippen LogP contribution in [0.15, 0.2) is 24.5 Å². The average molecular weight is 344 g/mol. The molecule has 6 nitrogen and oxygen atoms in total. The van der Waals surface area contributed by atoms with Crippen LogP contribution in [0.1, 0.15) is 27.6 Å². The number of nitrogens with zero attached hydrogens (tertiary/aromatic N) is 3. The summed E-state index contributed by atoms with van der Waals surface area (Å²) in [5.74, 6) is -0.347. The van der Waals surface area contributed by atoms with Gasteiger partial charge in [0.05, 0.1) is 18.2 Å². The van der Waals surface area contributed by atoms with Crippen molar-refractivity contribution >= 4 is 23.2 Å². The van der Waals surface area contributed by atoms with Crippen LogP contribution < -0.4 is 5.32 Å². The van der Waals surface area contributed by atoms with Crippen molar-refractivity contribution in [1.29, 1.82) is 0 Å². The summed E-state index contributed by atoms with van der Waals surface area (Å²) in [6, 6.07) is 3.77. The second-order valence-corrected chi connectivity index (χ2v) is 7.29. The van der Waals surface area contributed by atoms with E-state index in [4.69, 9.17) is 0 Å². The summed E-state index contributed by atoms with van der Waals surface area (Å²) < 4.78 is 0. The number of likely N-dealkylation sites (tertiary alicyclic amines) is 1. The molecule has 3 rings (SSSR count). The Morgan fingerprint density at radius 1 is 1.38 bits per heavy atom. The van der Waals surface area contributed by atoms with Gasteiger partial charge in [0.2, 0.25) is 11.8 Å². The lowest BCUT2D eigenvalue weighted by atomic mass is 10.1. The molecule has 2 aromatic heterocycles. The van der Waals surface area contributed by atoms with Crippen LogP contribution in [0.25, 0.3) is 0 Å². The summed E-state index contributed by atoms with van der Waals surface area (Å²) in [5, 5.41) is 3.81. The molecule has 1 aliphatic heterocycles. The summed E-state index contributed by atoms with van der Waals surface area (Å²) in [6.07, 6.45) is 3.68. The zero-order valence-electron chi connectivity index (χ0n) is 13.8. The molecule has 0 spiro atoms. The van der Waals surface area contributed by atoms with Crippen molar-refractivity contribution in [1.82, 2.24) is 20.2 Å². The van der Waals surface area contributed by atoms with Gasteiger partial charge in [0, 0.05) is 36.8 Å². The van der Waals surface area contributed by atoms with Gasteiger partial charge < -0.3 is 10.2 Å². The van der Waals surface area contributed by atoms with Crippen LogP contribution in [0, 0.1) is 19.8 Å². The van der Waals surface area contributed by atoms with E-state index in [1.165, 1.54) is 4.88 Å². The number of thiazole rings is 1. The second kappa shape index (κ2) is 7.09. The summed E-state index contributed by atoms with van der Waals surface area (Å²) >= 11 is 1.59. The van der Waals surface area contributed by atoms with Crippen molar-refractivity contribution < 1.29 is 9.59 Å². The van der Waals surface area contributed by atoms with Gasteiger partial charge in [-0.05, 0) is 31.5 Å². The molecule has 0 saturated carbocycles. The lowest BCUT2D eigenvalue weighted by Crippen LogP contribution is -2.32. The Balaban J connectivity index is 1.53. The number of carbonyl (C=O) groups is 2. The molecule has 1 aliphatic rings. The van der Waals surface area contributed by atoms with E-state index >= 15 is 0 Å². The first-order chi connectivity index (χ1) is 11.5. The largest absolute Gasteiger partial charge is 0.349 e. The van der Waals surface area contributed by atoms with Crippen LogP contribution in [0.5, 0.6) is 0 Å². The van der Waals surface area contributed by atoms with Gasteiger partial charge in [-0.2, -0.15) is 0 Å². The molecule has 1 N–H and O–H groups in total. The van der Waals surface area contributed by atoms with Gasteiger partial charge in [0.15, 0.2) is 0 Å². The predicted molar refractivity (Wildman–Crippen MR) is 91.2 cm³/mol. The Morgan fingerprint density at radius 3 is 2.79 bits per heavy atom. The zero-order valence-corrected chi connectivity index (χ0v) is 14.6. The van der Waals surface area contributed by atoms with E-state index in [9.17, 15) is 9.59 Å². The minimum Gasteiger partial charge on any atom is -0.349 e. The number of rotatable bonds is 5. The molecule has 24 heavy (non-hydrogen) atoms. The molecule has 1 saturated heterocycles. The van der Waals surface area contributed by atoms with Gasteiger partial charge in [-0.1, -0.05) is 0 Å². The first-order valence-corrected chi connectivity index (χ1v) is 8.72.